The number of aromatic carboxylic acids is 1. The van der Waals surface area contributed by atoms with Gasteiger partial charge in [0.15, 0.2) is 34.4 Å². The van der Waals surface area contributed by atoms with Crippen LogP contribution in [0.2, 0.25) is 0 Å². The summed E-state index contributed by atoms with van der Waals surface area (Å²) in [7, 11) is 4.77. The second-order valence-electron chi connectivity index (χ2n) is 5.39. The lowest BCUT2D eigenvalue weighted by Crippen LogP contribution is -2.37. The summed E-state index contributed by atoms with van der Waals surface area (Å²) in [6.45, 7) is 0. The predicted molar refractivity (Wildman–Crippen MR) is 84.4 cm³/mol. The zero-order chi connectivity index (χ0) is 20.6. The lowest BCUT2D eigenvalue weighted by Gasteiger charge is -2.02. The predicted octanol–water partition coefficient (Wildman–Crippen LogP) is 0.912. The number of fused-ring (bicyclic) bond motifs is 1. The van der Waals surface area contributed by atoms with Crippen molar-refractivity contribution in [1.82, 2.24) is 18.7 Å². The molecule has 0 amide bonds. The van der Waals surface area contributed by atoms with Crippen molar-refractivity contribution in [2.45, 2.75) is 0 Å². The smallest absolute Gasteiger partial charge is 0.338 e. The van der Waals surface area contributed by atoms with Crippen LogP contribution >= 0.6 is 0 Å². The third-order valence-electron chi connectivity index (χ3n) is 3.65. The van der Waals surface area contributed by atoms with Crippen LogP contribution in [0, 0.1) is 23.3 Å². The second-order valence-corrected chi connectivity index (χ2v) is 5.39. The molecule has 27 heavy (non-hydrogen) atoms. The Morgan fingerprint density at radius 1 is 1.00 bits per heavy atom. The molecule has 0 atom stereocenters. The van der Waals surface area contributed by atoms with Gasteiger partial charge in [-0.3, -0.25) is 13.9 Å². The van der Waals surface area contributed by atoms with E-state index in [1.165, 1.54) is 17.9 Å². The van der Waals surface area contributed by atoms with Gasteiger partial charge in [-0.05, 0) is 6.07 Å². The number of carboxylic acids is 1. The molecule has 0 aliphatic carbocycles. The Labute approximate surface area is 147 Å². The highest BCUT2D eigenvalue weighted by atomic mass is 19.2. The third-order valence-corrected chi connectivity index (χ3v) is 3.65. The molecule has 0 saturated heterocycles. The van der Waals surface area contributed by atoms with Crippen molar-refractivity contribution in [3.05, 3.63) is 62.1 Å². The van der Waals surface area contributed by atoms with Gasteiger partial charge in [0.05, 0.1) is 6.33 Å². The standard InChI is InChI=1S/C8H10N4O2.C7H2F4O2/c1-10-4-9-6-5(10)7(13)12(3)8(14)11(6)2;8-3-1-2(7(12)13)4(9)6(11)5(3)10/h4H,1-3H3;1H,(H,12,13). The van der Waals surface area contributed by atoms with Gasteiger partial charge in [0.25, 0.3) is 5.56 Å². The summed E-state index contributed by atoms with van der Waals surface area (Å²) in [6, 6.07) is 0.0794. The Balaban J connectivity index is 0.000000194. The van der Waals surface area contributed by atoms with Crippen LogP contribution in [0.1, 0.15) is 10.4 Å². The summed E-state index contributed by atoms with van der Waals surface area (Å²) < 4.78 is 53.5. The van der Waals surface area contributed by atoms with E-state index in [1.807, 2.05) is 0 Å². The topological polar surface area (TPSA) is 99.1 Å². The molecule has 0 spiro atoms. The molecule has 1 N–H and O–H groups in total. The Kier molecular flexibility index (Phi) is 5.19. The first-order valence-electron chi connectivity index (χ1n) is 7.12. The van der Waals surface area contributed by atoms with E-state index in [0.29, 0.717) is 11.2 Å². The van der Waals surface area contributed by atoms with E-state index in [4.69, 9.17) is 5.11 Å². The molecule has 0 unspecified atom stereocenters. The summed E-state index contributed by atoms with van der Waals surface area (Å²) in [4.78, 5) is 37.3. The van der Waals surface area contributed by atoms with E-state index in [2.05, 4.69) is 4.98 Å². The highest BCUT2D eigenvalue weighted by Crippen LogP contribution is 2.18. The molecule has 0 fully saturated rings. The van der Waals surface area contributed by atoms with Gasteiger partial charge < -0.3 is 9.67 Å². The van der Waals surface area contributed by atoms with Crippen LogP contribution < -0.4 is 11.2 Å². The first kappa shape index (κ1) is 19.9. The quantitative estimate of drug-likeness (QED) is 0.380. The van der Waals surface area contributed by atoms with Crippen molar-refractivity contribution in [2.24, 2.45) is 21.1 Å². The van der Waals surface area contributed by atoms with E-state index in [1.54, 1.807) is 18.7 Å². The number of hydrogen-bond donors (Lipinski definition) is 1. The number of carboxylic acid groups (broad SMARTS) is 1. The molecule has 1 aromatic carbocycles. The van der Waals surface area contributed by atoms with E-state index in [0.717, 1.165) is 4.57 Å². The van der Waals surface area contributed by atoms with Crippen molar-refractivity contribution in [2.75, 3.05) is 0 Å². The minimum atomic E-state index is -2.13. The molecule has 2 heterocycles. The minimum Gasteiger partial charge on any atom is -0.478 e. The summed E-state index contributed by atoms with van der Waals surface area (Å²) in [5, 5.41) is 8.21. The number of nitrogens with zero attached hydrogens (tertiary/aromatic N) is 4. The number of carbonyl (C=O) groups is 1. The average molecular weight is 388 g/mol. The number of imidazole rings is 1. The number of hydrogen-bond acceptors (Lipinski definition) is 4. The van der Waals surface area contributed by atoms with Gasteiger partial charge in [0.2, 0.25) is 0 Å². The van der Waals surface area contributed by atoms with Crippen LogP contribution in [0.3, 0.4) is 0 Å². The average Bonchev–Trinajstić information content (AvgIpc) is 3.01. The molecule has 0 saturated carbocycles. The fourth-order valence-electron chi connectivity index (χ4n) is 2.20. The molecule has 0 radical (unpaired) electrons. The molecular weight excluding hydrogens is 376 g/mol. The van der Waals surface area contributed by atoms with E-state index in [9.17, 15) is 31.9 Å². The zero-order valence-corrected chi connectivity index (χ0v) is 14.1. The van der Waals surface area contributed by atoms with Gasteiger partial charge in [-0.2, -0.15) is 0 Å². The van der Waals surface area contributed by atoms with Gasteiger partial charge >= 0.3 is 11.7 Å². The Hall–Kier alpha value is -3.44. The minimum absolute atomic E-state index is 0.0794. The first-order chi connectivity index (χ1) is 12.5. The molecule has 0 bridgehead atoms. The molecule has 3 rings (SSSR count). The lowest BCUT2D eigenvalue weighted by molar-refractivity contribution is 0.0689. The Morgan fingerprint density at radius 2 is 1.59 bits per heavy atom. The summed E-state index contributed by atoms with van der Waals surface area (Å²) in [5.41, 5.74) is -1.06. The highest BCUT2D eigenvalue weighted by Gasteiger charge is 2.22. The molecular formula is C15H12F4N4O4. The van der Waals surface area contributed by atoms with Gasteiger partial charge in [-0.1, -0.05) is 0 Å². The summed E-state index contributed by atoms with van der Waals surface area (Å²) in [6.07, 6.45) is 1.52. The second kappa shape index (κ2) is 7.05. The maximum absolute atomic E-state index is 12.5. The van der Waals surface area contributed by atoms with E-state index >= 15 is 0 Å². The molecule has 3 aromatic rings. The van der Waals surface area contributed by atoms with Gasteiger partial charge in [-0.15, -0.1) is 0 Å². The van der Waals surface area contributed by atoms with Crippen molar-refractivity contribution in [1.29, 1.82) is 0 Å². The Morgan fingerprint density at radius 3 is 2.15 bits per heavy atom. The van der Waals surface area contributed by atoms with Gasteiger partial charge in [0, 0.05) is 21.1 Å². The molecule has 2 aromatic heterocycles. The molecule has 8 nitrogen and oxygen atoms in total. The van der Waals surface area contributed by atoms with Gasteiger partial charge in [0.1, 0.15) is 5.56 Å². The summed E-state index contributed by atoms with van der Waals surface area (Å²) in [5.74, 6) is -9.67. The summed E-state index contributed by atoms with van der Waals surface area (Å²) >= 11 is 0. The van der Waals surface area contributed by atoms with E-state index < -0.39 is 34.8 Å². The van der Waals surface area contributed by atoms with Crippen molar-refractivity contribution >= 4 is 17.1 Å². The van der Waals surface area contributed by atoms with Crippen LogP contribution in [0.25, 0.3) is 11.2 Å². The zero-order valence-electron chi connectivity index (χ0n) is 14.1. The van der Waals surface area contributed by atoms with Crippen molar-refractivity contribution in [3.63, 3.8) is 0 Å². The fourth-order valence-corrected chi connectivity index (χ4v) is 2.20. The maximum Gasteiger partial charge on any atom is 0.338 e. The van der Waals surface area contributed by atoms with Crippen LogP contribution in [-0.2, 0) is 21.1 Å². The normalized spacial score (nSPS) is 10.6. The molecule has 0 aliphatic rings. The molecule has 12 heteroatoms. The van der Waals surface area contributed by atoms with Crippen LogP contribution in [0.5, 0.6) is 0 Å². The SMILES string of the molecule is Cn1c(=O)c2c(ncn2C)n(C)c1=O.O=C(O)c1cc(F)c(F)c(F)c1F. The van der Waals surface area contributed by atoms with E-state index in [-0.39, 0.29) is 17.3 Å². The number of rotatable bonds is 1. The van der Waals surface area contributed by atoms with Crippen LogP contribution in [0.4, 0.5) is 17.6 Å². The van der Waals surface area contributed by atoms with Gasteiger partial charge in [-0.25, -0.2) is 32.1 Å². The highest BCUT2D eigenvalue weighted by molar-refractivity contribution is 5.87. The third kappa shape index (κ3) is 3.32. The first-order valence-corrected chi connectivity index (χ1v) is 7.12. The van der Waals surface area contributed by atoms with Crippen molar-refractivity contribution in [3.8, 4) is 0 Å². The van der Waals surface area contributed by atoms with Crippen molar-refractivity contribution < 1.29 is 27.5 Å². The number of aryl methyl sites for hydroxylation is 2. The lowest BCUT2D eigenvalue weighted by atomic mass is 10.2. The number of halogens is 4. The Bertz CT molecular complexity index is 1180. The number of benzene rings is 1. The largest absolute Gasteiger partial charge is 0.478 e. The molecule has 144 valence electrons. The van der Waals surface area contributed by atoms with Crippen LogP contribution in [0.15, 0.2) is 22.0 Å². The fraction of sp³-hybridized carbons (Fsp3) is 0.200. The maximum atomic E-state index is 12.5. The molecule has 0 aliphatic heterocycles. The monoisotopic (exact) mass is 388 g/mol. The van der Waals surface area contributed by atoms with Crippen LogP contribution in [-0.4, -0.2) is 29.8 Å². The number of aromatic nitrogens is 4.